The molecule has 0 aromatic heterocycles. The first kappa shape index (κ1) is 21.5. The molecule has 0 saturated carbocycles. The van der Waals surface area contributed by atoms with Crippen molar-refractivity contribution in [2.45, 2.75) is 31.1 Å². The average molecular weight is 429 g/mol. The fraction of sp³-hybridized carbons (Fsp3) is 0.316. The number of sulfonamides is 1. The quantitative estimate of drug-likeness (QED) is 0.597. The van der Waals surface area contributed by atoms with Gasteiger partial charge in [0.25, 0.3) is 10.0 Å². The molecule has 2 aromatic rings. The molecule has 8 heteroatoms. The monoisotopic (exact) mass is 428 g/mol. The zero-order chi connectivity index (χ0) is 19.9. The van der Waals surface area contributed by atoms with Crippen LogP contribution in [-0.4, -0.2) is 27.4 Å². The van der Waals surface area contributed by atoms with Gasteiger partial charge in [0.05, 0.1) is 20.6 Å². The Labute approximate surface area is 170 Å². The van der Waals surface area contributed by atoms with Crippen LogP contribution in [0.25, 0.3) is 0 Å². The second kappa shape index (κ2) is 9.97. The van der Waals surface area contributed by atoms with Crippen LogP contribution in [0, 0.1) is 0 Å². The van der Waals surface area contributed by atoms with Crippen LogP contribution in [0.5, 0.6) is 0 Å². The summed E-state index contributed by atoms with van der Waals surface area (Å²) in [5.74, 6) is -0.378. The van der Waals surface area contributed by atoms with E-state index in [2.05, 4.69) is 12.2 Å². The highest BCUT2D eigenvalue weighted by Crippen LogP contribution is 2.30. The number of unbranched alkanes of at least 4 members (excludes halogenated alkanes) is 2. The number of hydrogen-bond donors (Lipinski definition) is 1. The Bertz CT molecular complexity index is 874. The molecule has 0 saturated heterocycles. The lowest BCUT2D eigenvalue weighted by Gasteiger charge is -2.24. The molecule has 0 radical (unpaired) electrons. The number of carbonyl (C=O) groups is 1. The van der Waals surface area contributed by atoms with E-state index in [1.165, 1.54) is 30.3 Å². The molecule has 2 rings (SSSR count). The lowest BCUT2D eigenvalue weighted by atomic mass is 10.2. The Morgan fingerprint density at radius 3 is 2.37 bits per heavy atom. The normalized spacial score (nSPS) is 11.2. The summed E-state index contributed by atoms with van der Waals surface area (Å²) in [6.07, 6.45) is 2.88. The number of rotatable bonds is 9. The zero-order valence-corrected chi connectivity index (χ0v) is 17.3. The standard InChI is InChI=1S/C19H22Cl2N2O3S/c1-2-3-7-12-22-19(24)14-23(15-10-11-17(20)18(21)13-15)27(25,26)16-8-5-4-6-9-16/h4-6,8-11,13H,2-3,7,12,14H2,1H3,(H,22,24). The highest BCUT2D eigenvalue weighted by Gasteiger charge is 2.27. The maximum atomic E-state index is 13.1. The Balaban J connectivity index is 2.31. The molecule has 0 atom stereocenters. The first-order chi connectivity index (χ1) is 12.9. The maximum absolute atomic E-state index is 13.1. The molecule has 0 aliphatic heterocycles. The SMILES string of the molecule is CCCCCNC(=O)CN(c1ccc(Cl)c(Cl)c1)S(=O)(=O)c1ccccc1. The molecule has 0 bridgehead atoms. The van der Waals surface area contributed by atoms with Crippen LogP contribution in [-0.2, 0) is 14.8 Å². The summed E-state index contributed by atoms with van der Waals surface area (Å²) < 4.78 is 27.3. The van der Waals surface area contributed by atoms with Crippen LogP contribution in [0.2, 0.25) is 10.0 Å². The number of hydrogen-bond acceptors (Lipinski definition) is 3. The van der Waals surface area contributed by atoms with E-state index in [0.717, 1.165) is 23.6 Å². The van der Waals surface area contributed by atoms with Gasteiger partial charge in [-0.05, 0) is 36.8 Å². The molecule has 0 unspecified atom stereocenters. The van der Waals surface area contributed by atoms with Crippen molar-refractivity contribution in [2.24, 2.45) is 0 Å². The van der Waals surface area contributed by atoms with Crippen LogP contribution in [0.3, 0.4) is 0 Å². The van der Waals surface area contributed by atoms with Gasteiger partial charge in [-0.3, -0.25) is 9.10 Å². The van der Waals surface area contributed by atoms with E-state index >= 15 is 0 Å². The molecule has 1 N–H and O–H groups in total. The van der Waals surface area contributed by atoms with Gasteiger partial charge in [0.15, 0.2) is 0 Å². The van der Waals surface area contributed by atoms with Gasteiger partial charge in [-0.1, -0.05) is 61.2 Å². The number of anilines is 1. The fourth-order valence-electron chi connectivity index (χ4n) is 2.46. The van der Waals surface area contributed by atoms with E-state index < -0.39 is 10.0 Å². The van der Waals surface area contributed by atoms with Gasteiger partial charge in [-0.15, -0.1) is 0 Å². The minimum absolute atomic E-state index is 0.0925. The second-order valence-electron chi connectivity index (χ2n) is 5.98. The topological polar surface area (TPSA) is 66.5 Å². The molecule has 27 heavy (non-hydrogen) atoms. The number of halogens is 2. The number of benzene rings is 2. The van der Waals surface area contributed by atoms with Crippen LogP contribution in [0.15, 0.2) is 53.4 Å². The van der Waals surface area contributed by atoms with E-state index in [9.17, 15) is 13.2 Å². The van der Waals surface area contributed by atoms with Gasteiger partial charge >= 0.3 is 0 Å². The van der Waals surface area contributed by atoms with Gasteiger partial charge in [0, 0.05) is 6.54 Å². The largest absolute Gasteiger partial charge is 0.355 e. The van der Waals surface area contributed by atoms with Crippen molar-refractivity contribution in [3.63, 3.8) is 0 Å². The summed E-state index contributed by atoms with van der Waals surface area (Å²) in [5.41, 5.74) is 0.275. The average Bonchev–Trinajstić information content (AvgIpc) is 2.66. The molecular weight excluding hydrogens is 407 g/mol. The van der Waals surface area contributed by atoms with Crippen molar-refractivity contribution in [1.82, 2.24) is 5.32 Å². The molecule has 5 nitrogen and oxygen atoms in total. The fourth-order valence-corrected chi connectivity index (χ4v) is 4.19. The lowest BCUT2D eigenvalue weighted by molar-refractivity contribution is -0.119. The number of amides is 1. The first-order valence-electron chi connectivity index (χ1n) is 8.65. The van der Waals surface area contributed by atoms with Gasteiger partial charge in [-0.2, -0.15) is 0 Å². The molecule has 0 fully saturated rings. The summed E-state index contributed by atoms with van der Waals surface area (Å²) in [6, 6.07) is 12.4. The van der Waals surface area contributed by atoms with E-state index in [-0.39, 0.29) is 28.1 Å². The Morgan fingerprint density at radius 1 is 1.04 bits per heavy atom. The van der Waals surface area contributed by atoms with Crippen LogP contribution in [0.1, 0.15) is 26.2 Å². The highest BCUT2D eigenvalue weighted by molar-refractivity contribution is 7.92. The molecule has 2 aromatic carbocycles. The van der Waals surface area contributed by atoms with Gasteiger partial charge in [-0.25, -0.2) is 8.42 Å². The van der Waals surface area contributed by atoms with E-state index in [1.807, 2.05) is 0 Å². The summed E-state index contributed by atoms with van der Waals surface area (Å²) >= 11 is 12.0. The van der Waals surface area contributed by atoms with E-state index in [0.29, 0.717) is 11.6 Å². The van der Waals surface area contributed by atoms with Crippen LogP contribution < -0.4 is 9.62 Å². The highest BCUT2D eigenvalue weighted by atomic mass is 35.5. The zero-order valence-electron chi connectivity index (χ0n) is 15.0. The first-order valence-corrected chi connectivity index (χ1v) is 10.9. The third-order valence-corrected chi connectivity index (χ3v) is 6.44. The molecule has 0 aliphatic rings. The van der Waals surface area contributed by atoms with Crippen molar-refractivity contribution in [3.8, 4) is 0 Å². The van der Waals surface area contributed by atoms with Gasteiger partial charge < -0.3 is 5.32 Å². The van der Waals surface area contributed by atoms with Crippen molar-refractivity contribution < 1.29 is 13.2 Å². The third-order valence-electron chi connectivity index (χ3n) is 3.91. The lowest BCUT2D eigenvalue weighted by Crippen LogP contribution is -2.41. The predicted octanol–water partition coefficient (Wildman–Crippen LogP) is 4.50. The Morgan fingerprint density at radius 2 is 1.74 bits per heavy atom. The molecule has 0 heterocycles. The van der Waals surface area contributed by atoms with Gasteiger partial charge in [0.2, 0.25) is 5.91 Å². The van der Waals surface area contributed by atoms with Crippen LogP contribution in [0.4, 0.5) is 5.69 Å². The molecule has 0 spiro atoms. The molecule has 1 amide bonds. The maximum Gasteiger partial charge on any atom is 0.264 e. The summed E-state index contributed by atoms with van der Waals surface area (Å²) in [4.78, 5) is 12.4. The number of carbonyl (C=O) groups excluding carboxylic acids is 1. The second-order valence-corrected chi connectivity index (χ2v) is 8.66. The van der Waals surface area contributed by atoms with Crippen molar-refractivity contribution >= 4 is 44.8 Å². The summed E-state index contributed by atoms with van der Waals surface area (Å²) in [5, 5.41) is 3.28. The molecular formula is C19H22Cl2N2O3S. The molecule has 0 aliphatic carbocycles. The molecule has 146 valence electrons. The van der Waals surface area contributed by atoms with Crippen molar-refractivity contribution in [3.05, 3.63) is 58.6 Å². The van der Waals surface area contributed by atoms with E-state index in [1.54, 1.807) is 18.2 Å². The minimum Gasteiger partial charge on any atom is -0.355 e. The summed E-state index contributed by atoms with van der Waals surface area (Å²) in [6.45, 7) is 2.23. The number of nitrogens with one attached hydrogen (secondary N) is 1. The van der Waals surface area contributed by atoms with Crippen LogP contribution >= 0.6 is 23.2 Å². The Hall–Kier alpha value is -1.76. The Kier molecular flexibility index (Phi) is 7.95. The number of nitrogens with zero attached hydrogens (tertiary/aromatic N) is 1. The minimum atomic E-state index is -3.94. The summed E-state index contributed by atoms with van der Waals surface area (Å²) in [7, 11) is -3.94. The van der Waals surface area contributed by atoms with Crippen molar-refractivity contribution in [2.75, 3.05) is 17.4 Å². The van der Waals surface area contributed by atoms with Gasteiger partial charge in [0.1, 0.15) is 6.54 Å². The van der Waals surface area contributed by atoms with E-state index in [4.69, 9.17) is 23.2 Å². The third kappa shape index (κ3) is 5.86. The van der Waals surface area contributed by atoms with Crippen molar-refractivity contribution in [1.29, 1.82) is 0 Å². The predicted molar refractivity (Wildman–Crippen MR) is 110 cm³/mol. The smallest absolute Gasteiger partial charge is 0.264 e.